The molecule has 1 aliphatic heterocycles. The van der Waals surface area contributed by atoms with E-state index in [9.17, 15) is 13.2 Å². The Hall–Kier alpha value is -2.18. The van der Waals surface area contributed by atoms with Crippen molar-refractivity contribution in [2.24, 2.45) is 0 Å². The van der Waals surface area contributed by atoms with E-state index in [1.807, 2.05) is 23.1 Å². The molecule has 0 spiro atoms. The number of amides is 1. The van der Waals surface area contributed by atoms with Gasteiger partial charge in [0, 0.05) is 24.7 Å². The fourth-order valence-corrected chi connectivity index (χ4v) is 4.46. The maximum absolute atomic E-state index is 12.9. The van der Waals surface area contributed by atoms with Crippen LogP contribution in [0.5, 0.6) is 0 Å². The molecular weight excluding hydrogens is 348 g/mol. The van der Waals surface area contributed by atoms with Crippen LogP contribution < -0.4 is 4.72 Å². The Kier molecular flexibility index (Phi) is 5.74. The van der Waals surface area contributed by atoms with Crippen LogP contribution in [-0.2, 0) is 16.4 Å². The minimum atomic E-state index is -3.50. The molecule has 26 heavy (non-hydrogen) atoms. The van der Waals surface area contributed by atoms with Crippen molar-refractivity contribution < 1.29 is 13.2 Å². The molecule has 6 heteroatoms. The number of sulfonamides is 1. The highest BCUT2D eigenvalue weighted by Crippen LogP contribution is 2.24. The zero-order chi connectivity index (χ0) is 18.6. The third kappa shape index (κ3) is 4.14. The minimum absolute atomic E-state index is 0.0316. The van der Waals surface area contributed by atoms with E-state index in [0.29, 0.717) is 12.1 Å². The zero-order valence-corrected chi connectivity index (χ0v) is 15.7. The first kappa shape index (κ1) is 18.6. The van der Waals surface area contributed by atoms with Crippen molar-refractivity contribution in [3.05, 3.63) is 65.7 Å². The topological polar surface area (TPSA) is 66.5 Å². The number of nitrogens with one attached hydrogen (secondary N) is 1. The highest BCUT2D eigenvalue weighted by atomic mass is 32.2. The van der Waals surface area contributed by atoms with E-state index >= 15 is 0 Å². The Bertz CT molecular complexity index is 848. The summed E-state index contributed by atoms with van der Waals surface area (Å²) in [6, 6.07) is 16.6. The maximum Gasteiger partial charge on any atom is 0.254 e. The quantitative estimate of drug-likeness (QED) is 0.848. The highest BCUT2D eigenvalue weighted by Gasteiger charge is 2.29. The van der Waals surface area contributed by atoms with Crippen LogP contribution in [0.25, 0.3) is 0 Å². The normalized spacial score (nSPS) is 17.4. The third-order valence-electron chi connectivity index (χ3n) is 4.70. The molecule has 0 unspecified atom stereocenters. The molecule has 138 valence electrons. The molecule has 1 saturated heterocycles. The van der Waals surface area contributed by atoms with Gasteiger partial charge in [-0.1, -0.05) is 37.3 Å². The van der Waals surface area contributed by atoms with Crippen LogP contribution in [0.2, 0.25) is 0 Å². The van der Waals surface area contributed by atoms with Gasteiger partial charge in [-0.2, -0.15) is 0 Å². The van der Waals surface area contributed by atoms with Crippen molar-refractivity contribution in [1.29, 1.82) is 0 Å². The molecule has 1 aliphatic rings. The first-order chi connectivity index (χ1) is 12.5. The number of hydrogen-bond donors (Lipinski definition) is 1. The summed E-state index contributed by atoms with van der Waals surface area (Å²) in [5.74, 6) is -0.0316. The van der Waals surface area contributed by atoms with Gasteiger partial charge in [-0.15, -0.1) is 0 Å². The third-order valence-corrected chi connectivity index (χ3v) is 6.26. The Morgan fingerprint density at radius 2 is 1.81 bits per heavy atom. The van der Waals surface area contributed by atoms with Crippen LogP contribution in [0.1, 0.15) is 35.7 Å². The average Bonchev–Trinajstić information content (AvgIpc) is 3.10. The smallest absolute Gasteiger partial charge is 0.254 e. The molecule has 0 bridgehead atoms. The second-order valence-electron chi connectivity index (χ2n) is 6.51. The molecule has 1 amide bonds. The van der Waals surface area contributed by atoms with Crippen LogP contribution in [0.15, 0.2) is 59.5 Å². The molecule has 1 atom stereocenters. The first-order valence-electron chi connectivity index (χ1n) is 8.96. The number of likely N-dealkylation sites (tertiary alicyclic amines) is 1. The van der Waals surface area contributed by atoms with Gasteiger partial charge in [0.05, 0.1) is 4.90 Å². The second-order valence-corrected chi connectivity index (χ2v) is 8.28. The van der Waals surface area contributed by atoms with Gasteiger partial charge in [0.2, 0.25) is 10.0 Å². The summed E-state index contributed by atoms with van der Waals surface area (Å²) in [7, 11) is -3.50. The van der Waals surface area contributed by atoms with E-state index in [2.05, 4.69) is 16.9 Å². The summed E-state index contributed by atoms with van der Waals surface area (Å²) in [4.78, 5) is 15.0. The van der Waals surface area contributed by atoms with Gasteiger partial charge in [0.25, 0.3) is 5.91 Å². The van der Waals surface area contributed by atoms with E-state index < -0.39 is 10.0 Å². The van der Waals surface area contributed by atoms with Gasteiger partial charge in [-0.25, -0.2) is 13.1 Å². The average molecular weight is 372 g/mol. The van der Waals surface area contributed by atoms with E-state index in [4.69, 9.17) is 0 Å². The minimum Gasteiger partial charge on any atom is -0.335 e. The summed E-state index contributed by atoms with van der Waals surface area (Å²) < 4.78 is 26.5. The lowest BCUT2D eigenvalue weighted by Gasteiger charge is -2.25. The van der Waals surface area contributed by atoms with Crippen molar-refractivity contribution in [1.82, 2.24) is 9.62 Å². The lowest BCUT2D eigenvalue weighted by Crippen LogP contribution is -2.36. The summed E-state index contributed by atoms with van der Waals surface area (Å²) in [5, 5.41) is 0. The van der Waals surface area contributed by atoms with E-state index in [-0.39, 0.29) is 16.8 Å². The standard InChI is InChI=1S/C20H24N2O3S/c1-2-21-26(24,25)19-12-10-17(11-13-19)20(23)22-14-6-9-18(22)15-16-7-4-3-5-8-16/h3-5,7-8,10-13,18,21H,2,6,9,14-15H2,1H3/t18-/m0/s1. The van der Waals surface area contributed by atoms with Gasteiger partial charge < -0.3 is 4.90 Å². The molecule has 1 fully saturated rings. The number of nitrogens with zero attached hydrogens (tertiary/aromatic N) is 1. The number of carbonyl (C=O) groups is 1. The van der Waals surface area contributed by atoms with E-state index in [1.165, 1.54) is 17.7 Å². The largest absolute Gasteiger partial charge is 0.335 e. The van der Waals surface area contributed by atoms with E-state index in [1.54, 1.807) is 19.1 Å². The number of benzene rings is 2. The molecule has 0 radical (unpaired) electrons. The van der Waals surface area contributed by atoms with Crippen LogP contribution in [0.4, 0.5) is 0 Å². The molecule has 1 N–H and O–H groups in total. The number of rotatable bonds is 6. The predicted octanol–water partition coefficient (Wildman–Crippen LogP) is 2.83. The van der Waals surface area contributed by atoms with Crippen LogP contribution in [0.3, 0.4) is 0 Å². The highest BCUT2D eigenvalue weighted by molar-refractivity contribution is 7.89. The van der Waals surface area contributed by atoms with Crippen molar-refractivity contribution >= 4 is 15.9 Å². The molecule has 5 nitrogen and oxygen atoms in total. The predicted molar refractivity (Wildman–Crippen MR) is 102 cm³/mol. The maximum atomic E-state index is 12.9. The summed E-state index contributed by atoms with van der Waals surface area (Å²) in [6.45, 7) is 2.81. The molecule has 0 saturated carbocycles. The SMILES string of the molecule is CCNS(=O)(=O)c1ccc(C(=O)N2CCC[C@H]2Cc2ccccc2)cc1. The van der Waals surface area contributed by atoms with Crippen molar-refractivity contribution in [2.75, 3.05) is 13.1 Å². The second kappa shape index (κ2) is 8.01. The van der Waals surface area contributed by atoms with E-state index in [0.717, 1.165) is 25.8 Å². The van der Waals surface area contributed by atoms with Crippen LogP contribution >= 0.6 is 0 Å². The lowest BCUT2D eigenvalue weighted by atomic mass is 10.0. The summed E-state index contributed by atoms with van der Waals surface area (Å²) in [5.41, 5.74) is 1.75. The van der Waals surface area contributed by atoms with Gasteiger partial charge >= 0.3 is 0 Å². The van der Waals surface area contributed by atoms with Crippen LogP contribution in [-0.4, -0.2) is 38.4 Å². The first-order valence-corrected chi connectivity index (χ1v) is 10.4. The molecular formula is C20H24N2O3S. The lowest BCUT2D eigenvalue weighted by molar-refractivity contribution is 0.0736. The zero-order valence-electron chi connectivity index (χ0n) is 14.9. The van der Waals surface area contributed by atoms with Gasteiger partial charge in [-0.3, -0.25) is 4.79 Å². The molecule has 0 aromatic heterocycles. The number of carbonyl (C=O) groups excluding carboxylic acids is 1. The van der Waals surface area contributed by atoms with Crippen molar-refractivity contribution in [2.45, 2.75) is 37.1 Å². The Morgan fingerprint density at radius 3 is 2.46 bits per heavy atom. The Balaban J connectivity index is 1.74. The van der Waals surface area contributed by atoms with Gasteiger partial charge in [0.1, 0.15) is 0 Å². The molecule has 1 heterocycles. The molecule has 3 rings (SSSR count). The molecule has 0 aliphatic carbocycles. The van der Waals surface area contributed by atoms with Crippen molar-refractivity contribution in [3.8, 4) is 0 Å². The molecule has 2 aromatic rings. The number of hydrogen-bond acceptors (Lipinski definition) is 3. The Morgan fingerprint density at radius 1 is 1.12 bits per heavy atom. The van der Waals surface area contributed by atoms with Crippen LogP contribution in [0, 0.1) is 0 Å². The molecule has 2 aromatic carbocycles. The monoisotopic (exact) mass is 372 g/mol. The Labute approximate surface area is 155 Å². The van der Waals surface area contributed by atoms with Gasteiger partial charge in [0.15, 0.2) is 0 Å². The van der Waals surface area contributed by atoms with Crippen molar-refractivity contribution in [3.63, 3.8) is 0 Å². The fourth-order valence-electron chi connectivity index (χ4n) is 3.42. The van der Waals surface area contributed by atoms with Gasteiger partial charge in [-0.05, 0) is 49.1 Å². The summed E-state index contributed by atoms with van der Waals surface area (Å²) in [6.07, 6.45) is 2.84. The summed E-state index contributed by atoms with van der Waals surface area (Å²) >= 11 is 0. The fraction of sp³-hybridized carbons (Fsp3) is 0.350.